The average Bonchev–Trinajstić information content (AvgIpc) is 3.15. The van der Waals surface area contributed by atoms with E-state index in [-0.39, 0.29) is 5.91 Å². The Bertz CT molecular complexity index is 1090. The van der Waals surface area contributed by atoms with Gasteiger partial charge in [-0.15, -0.1) is 10.2 Å². The highest BCUT2D eigenvalue weighted by molar-refractivity contribution is 6.32. The maximum absolute atomic E-state index is 12.8. The van der Waals surface area contributed by atoms with Crippen molar-refractivity contribution < 1.29 is 9.53 Å². The number of methoxy groups -OCH3 is 1. The molecule has 1 aliphatic heterocycles. The summed E-state index contributed by atoms with van der Waals surface area (Å²) in [5.74, 6) is 3.10. The average molecular weight is 443 g/mol. The minimum absolute atomic E-state index is 0.101. The van der Waals surface area contributed by atoms with E-state index in [1.54, 1.807) is 19.2 Å². The summed E-state index contributed by atoms with van der Waals surface area (Å²) < 4.78 is 7.20. The zero-order valence-corrected chi connectivity index (χ0v) is 18.9. The quantitative estimate of drug-likeness (QED) is 0.584. The standard InChI is InChI=1S/C22H27ClN6O2/c1-4-5-17-14-20(24-22-26-25-15(2)29(17)22)27-8-10-28(11-9-27)21(30)13-16-6-7-19(31-3)18(23)12-16/h6-7,12,14H,4-5,8-11,13H2,1-3H3. The number of benzene rings is 1. The van der Waals surface area contributed by atoms with Gasteiger partial charge in [0, 0.05) is 37.9 Å². The number of aromatic nitrogens is 4. The van der Waals surface area contributed by atoms with Crippen LogP contribution in [0, 0.1) is 6.92 Å². The fraction of sp³-hybridized carbons (Fsp3) is 0.455. The van der Waals surface area contributed by atoms with Gasteiger partial charge in [-0.05, 0) is 31.0 Å². The minimum Gasteiger partial charge on any atom is -0.495 e. The molecule has 164 valence electrons. The first-order valence-corrected chi connectivity index (χ1v) is 10.9. The number of hydrogen-bond donors (Lipinski definition) is 0. The van der Waals surface area contributed by atoms with Crippen LogP contribution < -0.4 is 9.64 Å². The summed E-state index contributed by atoms with van der Waals surface area (Å²) in [6.07, 6.45) is 2.30. The zero-order valence-electron chi connectivity index (χ0n) is 18.1. The molecule has 3 heterocycles. The van der Waals surface area contributed by atoms with Crippen molar-refractivity contribution in [2.45, 2.75) is 33.1 Å². The third kappa shape index (κ3) is 4.44. The second-order valence-electron chi connectivity index (χ2n) is 7.75. The van der Waals surface area contributed by atoms with Gasteiger partial charge in [-0.25, -0.2) is 0 Å². The van der Waals surface area contributed by atoms with Crippen molar-refractivity contribution in [3.8, 4) is 5.75 Å². The van der Waals surface area contributed by atoms with Crippen molar-refractivity contribution in [3.05, 3.63) is 46.4 Å². The number of nitrogens with zero attached hydrogens (tertiary/aromatic N) is 6. The van der Waals surface area contributed by atoms with Crippen LogP contribution in [0.2, 0.25) is 5.02 Å². The predicted molar refractivity (Wildman–Crippen MR) is 120 cm³/mol. The Hall–Kier alpha value is -2.87. The number of ether oxygens (including phenoxy) is 1. The van der Waals surface area contributed by atoms with E-state index in [9.17, 15) is 4.79 Å². The smallest absolute Gasteiger partial charge is 0.257 e. The highest BCUT2D eigenvalue weighted by Crippen LogP contribution is 2.25. The number of aryl methyl sites for hydroxylation is 2. The Kier molecular flexibility index (Phi) is 6.27. The minimum atomic E-state index is 0.101. The molecular formula is C22H27ClN6O2. The normalized spacial score (nSPS) is 14.3. The SMILES string of the molecule is CCCc1cc(N2CCN(C(=O)Cc3ccc(OC)c(Cl)c3)CC2)nc2nnc(C)n12. The van der Waals surface area contributed by atoms with Crippen molar-refractivity contribution in [3.63, 3.8) is 0 Å². The van der Waals surface area contributed by atoms with E-state index in [0.717, 1.165) is 43.1 Å². The molecule has 0 saturated carbocycles. The number of anilines is 1. The Labute approximate surface area is 186 Å². The van der Waals surface area contributed by atoms with Crippen molar-refractivity contribution >= 4 is 29.1 Å². The number of carbonyl (C=O) groups is 1. The molecule has 0 atom stereocenters. The van der Waals surface area contributed by atoms with Gasteiger partial charge >= 0.3 is 0 Å². The van der Waals surface area contributed by atoms with Gasteiger partial charge in [0.25, 0.3) is 5.78 Å². The van der Waals surface area contributed by atoms with Gasteiger partial charge in [0.2, 0.25) is 5.91 Å². The third-order valence-electron chi connectivity index (χ3n) is 5.64. The van der Waals surface area contributed by atoms with Crippen molar-refractivity contribution in [1.82, 2.24) is 24.5 Å². The van der Waals surface area contributed by atoms with Gasteiger partial charge in [0.1, 0.15) is 17.4 Å². The summed E-state index contributed by atoms with van der Waals surface area (Å²) in [5.41, 5.74) is 2.05. The number of fused-ring (bicyclic) bond motifs is 1. The molecule has 8 nitrogen and oxygen atoms in total. The number of rotatable bonds is 6. The van der Waals surface area contributed by atoms with Gasteiger partial charge in [-0.1, -0.05) is 31.0 Å². The Balaban J connectivity index is 1.42. The molecule has 1 saturated heterocycles. The van der Waals surface area contributed by atoms with Gasteiger partial charge < -0.3 is 14.5 Å². The molecule has 2 aromatic heterocycles. The van der Waals surface area contributed by atoms with E-state index in [1.165, 1.54) is 5.69 Å². The highest BCUT2D eigenvalue weighted by atomic mass is 35.5. The topological polar surface area (TPSA) is 75.9 Å². The molecular weight excluding hydrogens is 416 g/mol. The number of piperazine rings is 1. The largest absolute Gasteiger partial charge is 0.495 e. The molecule has 1 fully saturated rings. The lowest BCUT2D eigenvalue weighted by molar-refractivity contribution is -0.130. The fourth-order valence-corrected chi connectivity index (χ4v) is 4.28. The summed E-state index contributed by atoms with van der Waals surface area (Å²) in [7, 11) is 1.58. The number of hydrogen-bond acceptors (Lipinski definition) is 6. The van der Waals surface area contributed by atoms with Crippen LogP contribution in [-0.4, -0.2) is 63.7 Å². The highest BCUT2D eigenvalue weighted by Gasteiger charge is 2.23. The number of halogens is 1. The monoisotopic (exact) mass is 442 g/mol. The van der Waals surface area contributed by atoms with Crippen LogP contribution in [0.15, 0.2) is 24.3 Å². The number of carbonyl (C=O) groups excluding carboxylic acids is 1. The van der Waals surface area contributed by atoms with E-state index in [1.807, 2.05) is 22.3 Å². The molecule has 0 bridgehead atoms. The molecule has 1 aromatic carbocycles. The molecule has 31 heavy (non-hydrogen) atoms. The Morgan fingerprint density at radius 3 is 2.61 bits per heavy atom. The van der Waals surface area contributed by atoms with Crippen LogP contribution in [-0.2, 0) is 17.6 Å². The second kappa shape index (κ2) is 9.09. The van der Waals surface area contributed by atoms with Crippen LogP contribution in [0.25, 0.3) is 5.78 Å². The molecule has 0 N–H and O–H groups in total. The zero-order chi connectivity index (χ0) is 22.0. The predicted octanol–water partition coefficient (Wildman–Crippen LogP) is 2.94. The summed E-state index contributed by atoms with van der Waals surface area (Å²) in [5, 5.41) is 8.91. The van der Waals surface area contributed by atoms with Crippen molar-refractivity contribution in [2.24, 2.45) is 0 Å². The number of amides is 1. The second-order valence-corrected chi connectivity index (χ2v) is 8.16. The van der Waals surface area contributed by atoms with Crippen molar-refractivity contribution in [1.29, 1.82) is 0 Å². The van der Waals surface area contributed by atoms with Gasteiger partial charge in [0.05, 0.1) is 18.6 Å². The van der Waals surface area contributed by atoms with Gasteiger partial charge in [-0.3, -0.25) is 9.20 Å². The molecule has 0 spiro atoms. The maximum Gasteiger partial charge on any atom is 0.257 e. The van der Waals surface area contributed by atoms with E-state index in [0.29, 0.717) is 36.1 Å². The van der Waals surface area contributed by atoms with Gasteiger partial charge in [0.15, 0.2) is 0 Å². The van der Waals surface area contributed by atoms with Crippen LogP contribution in [0.5, 0.6) is 5.75 Å². The lowest BCUT2D eigenvalue weighted by Gasteiger charge is -2.35. The first-order valence-electron chi connectivity index (χ1n) is 10.6. The lowest BCUT2D eigenvalue weighted by Crippen LogP contribution is -2.49. The molecule has 0 aliphatic carbocycles. The van der Waals surface area contributed by atoms with Crippen LogP contribution in [0.3, 0.4) is 0 Å². The summed E-state index contributed by atoms with van der Waals surface area (Å²) >= 11 is 6.19. The molecule has 3 aromatic rings. The summed E-state index contributed by atoms with van der Waals surface area (Å²) in [4.78, 5) is 21.6. The first kappa shape index (κ1) is 21.4. The molecule has 4 rings (SSSR count). The molecule has 1 amide bonds. The first-order chi connectivity index (χ1) is 15.0. The Morgan fingerprint density at radius 1 is 1.16 bits per heavy atom. The van der Waals surface area contributed by atoms with E-state index >= 15 is 0 Å². The fourth-order valence-electron chi connectivity index (χ4n) is 4.00. The third-order valence-corrected chi connectivity index (χ3v) is 5.93. The van der Waals surface area contributed by atoms with Crippen molar-refractivity contribution in [2.75, 3.05) is 38.2 Å². The van der Waals surface area contributed by atoms with Crippen LogP contribution in [0.4, 0.5) is 5.82 Å². The molecule has 9 heteroatoms. The van der Waals surface area contributed by atoms with Gasteiger partial charge in [-0.2, -0.15) is 4.98 Å². The van der Waals surface area contributed by atoms with Crippen LogP contribution >= 0.6 is 11.6 Å². The maximum atomic E-state index is 12.8. The van der Waals surface area contributed by atoms with E-state index < -0.39 is 0 Å². The summed E-state index contributed by atoms with van der Waals surface area (Å²) in [6.45, 7) is 6.88. The molecule has 0 radical (unpaired) electrons. The molecule has 1 aliphatic rings. The van der Waals surface area contributed by atoms with E-state index in [4.69, 9.17) is 21.3 Å². The lowest BCUT2D eigenvalue weighted by atomic mass is 10.1. The summed E-state index contributed by atoms with van der Waals surface area (Å²) in [6, 6.07) is 7.60. The Morgan fingerprint density at radius 2 is 1.94 bits per heavy atom. The van der Waals surface area contributed by atoms with E-state index in [2.05, 4.69) is 28.1 Å². The van der Waals surface area contributed by atoms with Crippen LogP contribution in [0.1, 0.15) is 30.4 Å². The molecule has 0 unspecified atom stereocenters.